The van der Waals surface area contributed by atoms with E-state index >= 15 is 0 Å². The highest BCUT2D eigenvalue weighted by Gasteiger charge is 2.19. The van der Waals surface area contributed by atoms with Gasteiger partial charge in [0.15, 0.2) is 0 Å². The zero-order valence-electron chi connectivity index (χ0n) is 12.5. The van der Waals surface area contributed by atoms with Gasteiger partial charge in [0.25, 0.3) is 0 Å². The Labute approximate surface area is 130 Å². The van der Waals surface area contributed by atoms with Gasteiger partial charge in [-0.2, -0.15) is 16.4 Å². The van der Waals surface area contributed by atoms with E-state index in [-0.39, 0.29) is 0 Å². The maximum atomic E-state index is 6.37. The summed E-state index contributed by atoms with van der Waals surface area (Å²) in [6, 6.07) is 0.307. The highest BCUT2D eigenvalue weighted by atomic mass is 35.5. The van der Waals surface area contributed by atoms with Crippen LogP contribution in [-0.2, 0) is 13.5 Å². The van der Waals surface area contributed by atoms with Gasteiger partial charge in [0.2, 0.25) is 0 Å². The van der Waals surface area contributed by atoms with E-state index in [1.54, 1.807) is 16.0 Å². The molecule has 2 aromatic heterocycles. The molecule has 0 fully saturated rings. The molecule has 1 unspecified atom stereocenters. The van der Waals surface area contributed by atoms with E-state index in [4.69, 9.17) is 11.6 Å². The Kier molecular flexibility index (Phi) is 5.24. The van der Waals surface area contributed by atoms with Gasteiger partial charge in [0, 0.05) is 18.7 Å². The van der Waals surface area contributed by atoms with Gasteiger partial charge in [-0.15, -0.1) is 0 Å². The van der Waals surface area contributed by atoms with Gasteiger partial charge >= 0.3 is 0 Å². The van der Waals surface area contributed by atoms with E-state index in [1.807, 2.05) is 14.0 Å². The molecular formula is C15H22ClN3S. The summed E-state index contributed by atoms with van der Waals surface area (Å²) < 4.78 is 1.75. The normalized spacial score (nSPS) is 12.8. The minimum atomic E-state index is 0.307. The molecule has 0 aromatic carbocycles. The van der Waals surface area contributed by atoms with Crippen molar-refractivity contribution >= 4 is 22.9 Å². The molecule has 0 aliphatic carbocycles. The average molecular weight is 312 g/mol. The third-order valence-electron chi connectivity index (χ3n) is 3.59. The van der Waals surface area contributed by atoms with Crippen LogP contribution >= 0.6 is 22.9 Å². The fraction of sp³-hybridized carbons (Fsp3) is 0.533. The summed E-state index contributed by atoms with van der Waals surface area (Å²) in [7, 11) is 1.89. The van der Waals surface area contributed by atoms with Crippen LogP contribution in [0.2, 0.25) is 5.15 Å². The number of thiophene rings is 1. The number of halogens is 1. The number of aromatic nitrogens is 2. The summed E-state index contributed by atoms with van der Waals surface area (Å²) >= 11 is 8.13. The number of aryl methyl sites for hydroxylation is 3. The second kappa shape index (κ2) is 6.74. The standard InChI is InChI=1S/C15H22ClN3S/c1-5-6-17-14(13-9-20-8-10(13)2)7-12-11(3)18-19(4)15(12)16/h8-9,14,17H,5-7H2,1-4H3. The second-order valence-corrected chi connectivity index (χ2v) is 6.30. The van der Waals surface area contributed by atoms with Crippen LogP contribution in [0.4, 0.5) is 0 Å². The van der Waals surface area contributed by atoms with Crippen molar-refractivity contribution in [3.63, 3.8) is 0 Å². The van der Waals surface area contributed by atoms with Gasteiger partial charge in [0.05, 0.1) is 5.69 Å². The van der Waals surface area contributed by atoms with Crippen molar-refractivity contribution in [3.05, 3.63) is 38.3 Å². The highest BCUT2D eigenvalue weighted by molar-refractivity contribution is 7.08. The molecule has 0 bridgehead atoms. The minimum Gasteiger partial charge on any atom is -0.310 e. The molecule has 0 spiro atoms. The molecule has 20 heavy (non-hydrogen) atoms. The Morgan fingerprint density at radius 2 is 2.15 bits per heavy atom. The predicted molar refractivity (Wildman–Crippen MR) is 86.7 cm³/mol. The Bertz CT molecular complexity index is 574. The van der Waals surface area contributed by atoms with Crippen LogP contribution in [0.15, 0.2) is 10.8 Å². The van der Waals surface area contributed by atoms with E-state index in [2.05, 4.69) is 35.0 Å². The summed E-state index contributed by atoms with van der Waals surface area (Å²) in [5.41, 5.74) is 4.89. The van der Waals surface area contributed by atoms with E-state index in [0.717, 1.165) is 35.8 Å². The maximum Gasteiger partial charge on any atom is 0.130 e. The smallest absolute Gasteiger partial charge is 0.130 e. The molecule has 2 heterocycles. The van der Waals surface area contributed by atoms with E-state index in [0.29, 0.717) is 6.04 Å². The third-order valence-corrected chi connectivity index (χ3v) is 4.94. The quantitative estimate of drug-likeness (QED) is 0.872. The van der Waals surface area contributed by atoms with Crippen molar-refractivity contribution in [1.29, 1.82) is 0 Å². The van der Waals surface area contributed by atoms with E-state index < -0.39 is 0 Å². The van der Waals surface area contributed by atoms with Crippen LogP contribution in [0, 0.1) is 13.8 Å². The lowest BCUT2D eigenvalue weighted by molar-refractivity contribution is 0.527. The molecule has 0 aliphatic rings. The summed E-state index contributed by atoms with van der Waals surface area (Å²) in [5, 5.41) is 13.2. The molecule has 2 rings (SSSR count). The lowest BCUT2D eigenvalue weighted by atomic mass is 9.99. The van der Waals surface area contributed by atoms with E-state index in [1.165, 1.54) is 11.1 Å². The Hall–Kier alpha value is -0.840. The Balaban J connectivity index is 2.26. The van der Waals surface area contributed by atoms with Gasteiger partial charge in [-0.1, -0.05) is 18.5 Å². The molecule has 1 atom stereocenters. The molecule has 0 amide bonds. The SMILES string of the molecule is CCCNC(Cc1c(C)nn(C)c1Cl)c1cscc1C. The lowest BCUT2D eigenvalue weighted by Gasteiger charge is -2.19. The van der Waals surface area contributed by atoms with Gasteiger partial charge in [-0.3, -0.25) is 4.68 Å². The molecule has 0 radical (unpaired) electrons. The van der Waals surface area contributed by atoms with Crippen LogP contribution in [0.25, 0.3) is 0 Å². The fourth-order valence-corrected chi connectivity index (χ4v) is 3.60. The molecule has 0 saturated heterocycles. The summed E-state index contributed by atoms with van der Waals surface area (Å²) in [5.74, 6) is 0. The fourth-order valence-electron chi connectivity index (χ4n) is 2.45. The first kappa shape index (κ1) is 15.5. The summed E-state index contributed by atoms with van der Waals surface area (Å²) in [6.45, 7) is 7.40. The summed E-state index contributed by atoms with van der Waals surface area (Å²) in [6.07, 6.45) is 2.01. The molecule has 2 aromatic rings. The zero-order chi connectivity index (χ0) is 14.7. The number of nitrogens with one attached hydrogen (secondary N) is 1. The topological polar surface area (TPSA) is 29.9 Å². The molecular weight excluding hydrogens is 290 g/mol. The largest absolute Gasteiger partial charge is 0.310 e. The van der Waals surface area contributed by atoms with Crippen molar-refractivity contribution in [2.45, 2.75) is 39.7 Å². The molecule has 3 nitrogen and oxygen atoms in total. The van der Waals surface area contributed by atoms with Crippen molar-refractivity contribution in [3.8, 4) is 0 Å². The second-order valence-electron chi connectivity index (χ2n) is 5.20. The van der Waals surface area contributed by atoms with Crippen molar-refractivity contribution in [2.75, 3.05) is 6.54 Å². The van der Waals surface area contributed by atoms with Gasteiger partial charge < -0.3 is 5.32 Å². The van der Waals surface area contributed by atoms with Crippen molar-refractivity contribution in [1.82, 2.24) is 15.1 Å². The third kappa shape index (κ3) is 3.25. The predicted octanol–water partition coefficient (Wildman–Crippen LogP) is 4.04. The number of nitrogens with zero attached hydrogens (tertiary/aromatic N) is 2. The molecule has 110 valence electrons. The zero-order valence-corrected chi connectivity index (χ0v) is 14.1. The lowest BCUT2D eigenvalue weighted by Crippen LogP contribution is -2.24. The van der Waals surface area contributed by atoms with Crippen LogP contribution in [0.5, 0.6) is 0 Å². The minimum absolute atomic E-state index is 0.307. The molecule has 0 aliphatic heterocycles. The first-order valence-electron chi connectivity index (χ1n) is 6.98. The summed E-state index contributed by atoms with van der Waals surface area (Å²) in [4.78, 5) is 0. The van der Waals surface area contributed by atoms with Crippen LogP contribution in [-0.4, -0.2) is 16.3 Å². The number of rotatable bonds is 6. The molecule has 0 saturated carbocycles. The average Bonchev–Trinajstić information content (AvgIpc) is 2.93. The first-order valence-corrected chi connectivity index (χ1v) is 8.30. The van der Waals surface area contributed by atoms with Gasteiger partial charge in [-0.05, 0) is 55.1 Å². The van der Waals surface area contributed by atoms with Crippen LogP contribution < -0.4 is 5.32 Å². The monoisotopic (exact) mass is 311 g/mol. The Morgan fingerprint density at radius 1 is 1.40 bits per heavy atom. The number of hydrogen-bond donors (Lipinski definition) is 1. The maximum absolute atomic E-state index is 6.37. The van der Waals surface area contributed by atoms with Gasteiger partial charge in [-0.25, -0.2) is 0 Å². The van der Waals surface area contributed by atoms with Crippen LogP contribution in [0.1, 0.15) is 41.8 Å². The highest BCUT2D eigenvalue weighted by Crippen LogP contribution is 2.29. The van der Waals surface area contributed by atoms with E-state index in [9.17, 15) is 0 Å². The van der Waals surface area contributed by atoms with Crippen LogP contribution in [0.3, 0.4) is 0 Å². The number of hydrogen-bond acceptors (Lipinski definition) is 3. The van der Waals surface area contributed by atoms with Gasteiger partial charge in [0.1, 0.15) is 5.15 Å². The molecule has 5 heteroatoms. The molecule has 1 N–H and O–H groups in total. The first-order chi connectivity index (χ1) is 9.54. The Morgan fingerprint density at radius 3 is 2.65 bits per heavy atom. The van der Waals surface area contributed by atoms with Crippen molar-refractivity contribution < 1.29 is 0 Å². The van der Waals surface area contributed by atoms with Crippen molar-refractivity contribution in [2.24, 2.45) is 7.05 Å².